The molecule has 0 saturated heterocycles. The van der Waals surface area contributed by atoms with Crippen molar-refractivity contribution in [1.82, 2.24) is 4.98 Å². The van der Waals surface area contributed by atoms with E-state index in [1.807, 2.05) is 0 Å². The van der Waals surface area contributed by atoms with Crippen LogP contribution < -0.4 is 4.90 Å². The molecule has 0 aliphatic carbocycles. The molecule has 1 unspecified atom stereocenters. The van der Waals surface area contributed by atoms with Crippen LogP contribution in [0.15, 0.2) is 199 Å². The molecular formula is C55H38N2O. The average molecular weight is 743 g/mol. The van der Waals surface area contributed by atoms with Gasteiger partial charge in [0, 0.05) is 38.1 Å². The number of hydrogen-bond acceptors (Lipinski definition) is 2. The lowest BCUT2D eigenvalue weighted by Gasteiger charge is -2.28. The normalized spacial score (nSPS) is 12.6. The standard InChI is InChI=1S/C55H38N2O/c1-3-13-35(14-4-1)40(34-39-15-11-21-46-44-19-8-10-24-51(44)58-55(39)46)33-38-26-25-36-28-31-47-49(32-29-37-27-30-42(38)52(36)53(37)47)57(41-16-5-2-6-17-41)50-23-12-20-45-43-18-7-9-22-48(43)56-54(45)50/h1-32,40,56H,33-34H2. The first-order valence-electron chi connectivity index (χ1n) is 20.2. The van der Waals surface area contributed by atoms with Crippen molar-refractivity contribution in [2.45, 2.75) is 18.8 Å². The van der Waals surface area contributed by atoms with E-state index in [-0.39, 0.29) is 5.92 Å². The maximum absolute atomic E-state index is 6.55. The largest absolute Gasteiger partial charge is 0.456 e. The highest BCUT2D eigenvalue weighted by Gasteiger charge is 2.23. The molecule has 12 aromatic rings. The predicted molar refractivity (Wildman–Crippen MR) is 245 cm³/mol. The van der Waals surface area contributed by atoms with Crippen molar-refractivity contribution >= 4 is 93.1 Å². The Balaban J connectivity index is 1.03. The zero-order valence-electron chi connectivity index (χ0n) is 31.8. The van der Waals surface area contributed by atoms with E-state index in [1.54, 1.807) is 0 Å². The Labute approximate surface area is 335 Å². The van der Waals surface area contributed by atoms with Crippen LogP contribution in [-0.2, 0) is 12.8 Å². The lowest BCUT2D eigenvalue weighted by molar-refractivity contribution is 0.642. The number of nitrogens with zero attached hydrogens (tertiary/aromatic N) is 1. The van der Waals surface area contributed by atoms with Crippen molar-refractivity contribution in [2.75, 3.05) is 4.90 Å². The lowest BCUT2D eigenvalue weighted by atomic mass is 9.83. The summed E-state index contributed by atoms with van der Waals surface area (Å²) in [5, 5.41) is 12.5. The van der Waals surface area contributed by atoms with Crippen molar-refractivity contribution in [3.8, 4) is 0 Å². The molecule has 10 aromatic carbocycles. The summed E-state index contributed by atoms with van der Waals surface area (Å²) in [5.41, 5.74) is 11.6. The van der Waals surface area contributed by atoms with Crippen LogP contribution in [0.4, 0.5) is 17.1 Å². The first-order chi connectivity index (χ1) is 28.8. The predicted octanol–water partition coefficient (Wildman–Crippen LogP) is 15.2. The monoisotopic (exact) mass is 742 g/mol. The molecule has 0 aliphatic rings. The van der Waals surface area contributed by atoms with Crippen molar-refractivity contribution in [2.24, 2.45) is 0 Å². The van der Waals surface area contributed by atoms with E-state index in [0.717, 1.165) is 52.1 Å². The third-order valence-corrected chi connectivity index (χ3v) is 12.4. The van der Waals surface area contributed by atoms with Gasteiger partial charge in [0.1, 0.15) is 11.2 Å². The van der Waals surface area contributed by atoms with E-state index in [1.165, 1.54) is 70.6 Å². The summed E-state index contributed by atoms with van der Waals surface area (Å²) < 4.78 is 6.55. The van der Waals surface area contributed by atoms with Gasteiger partial charge in [0.15, 0.2) is 0 Å². The van der Waals surface area contributed by atoms with Gasteiger partial charge < -0.3 is 14.3 Å². The molecule has 2 aromatic heterocycles. The number of aromatic amines is 1. The highest BCUT2D eigenvalue weighted by Crippen LogP contribution is 2.47. The highest BCUT2D eigenvalue weighted by atomic mass is 16.3. The summed E-state index contributed by atoms with van der Waals surface area (Å²) in [7, 11) is 0. The third-order valence-electron chi connectivity index (χ3n) is 12.4. The van der Waals surface area contributed by atoms with Crippen molar-refractivity contribution in [1.29, 1.82) is 0 Å². The summed E-state index contributed by atoms with van der Waals surface area (Å²) in [6, 6.07) is 70.8. The number of rotatable bonds is 8. The average Bonchev–Trinajstić information content (AvgIpc) is 3.87. The van der Waals surface area contributed by atoms with E-state index in [9.17, 15) is 0 Å². The van der Waals surface area contributed by atoms with E-state index in [0.29, 0.717) is 0 Å². The van der Waals surface area contributed by atoms with Gasteiger partial charge in [-0.25, -0.2) is 0 Å². The summed E-state index contributed by atoms with van der Waals surface area (Å²) in [5.74, 6) is 0.249. The van der Waals surface area contributed by atoms with Crippen molar-refractivity contribution in [3.05, 3.63) is 211 Å². The molecule has 274 valence electrons. The van der Waals surface area contributed by atoms with Crippen LogP contribution in [0.2, 0.25) is 0 Å². The molecule has 2 heterocycles. The van der Waals surface area contributed by atoms with Gasteiger partial charge in [0.25, 0.3) is 0 Å². The Morgan fingerprint density at radius 3 is 1.93 bits per heavy atom. The maximum Gasteiger partial charge on any atom is 0.138 e. The van der Waals surface area contributed by atoms with Crippen LogP contribution in [0.1, 0.15) is 22.6 Å². The van der Waals surface area contributed by atoms with Gasteiger partial charge in [-0.1, -0.05) is 158 Å². The number of para-hydroxylation sites is 5. The Morgan fingerprint density at radius 2 is 1.07 bits per heavy atom. The number of anilines is 3. The molecular weight excluding hydrogens is 705 g/mol. The van der Waals surface area contributed by atoms with Crippen molar-refractivity contribution < 1.29 is 4.42 Å². The molecule has 3 nitrogen and oxygen atoms in total. The number of benzene rings is 10. The van der Waals surface area contributed by atoms with Crippen LogP contribution in [0, 0.1) is 0 Å². The molecule has 0 bridgehead atoms. The van der Waals surface area contributed by atoms with Gasteiger partial charge in [-0.05, 0) is 98.8 Å². The minimum Gasteiger partial charge on any atom is -0.456 e. The van der Waals surface area contributed by atoms with Gasteiger partial charge in [-0.2, -0.15) is 0 Å². The molecule has 0 radical (unpaired) electrons. The van der Waals surface area contributed by atoms with Crippen LogP contribution in [0.25, 0.3) is 76.1 Å². The first kappa shape index (κ1) is 32.8. The first-order valence-corrected chi connectivity index (χ1v) is 20.2. The van der Waals surface area contributed by atoms with E-state index in [2.05, 4.69) is 204 Å². The van der Waals surface area contributed by atoms with E-state index < -0.39 is 0 Å². The van der Waals surface area contributed by atoms with Crippen LogP contribution >= 0.6 is 0 Å². The molecule has 3 heteroatoms. The molecule has 12 rings (SSSR count). The zero-order chi connectivity index (χ0) is 38.2. The molecule has 0 amide bonds. The van der Waals surface area contributed by atoms with Crippen LogP contribution in [0.5, 0.6) is 0 Å². The minimum absolute atomic E-state index is 0.249. The Bertz CT molecular complexity index is 3470. The van der Waals surface area contributed by atoms with Gasteiger partial charge in [-0.3, -0.25) is 0 Å². The third kappa shape index (κ3) is 5.13. The maximum atomic E-state index is 6.55. The Kier molecular flexibility index (Phi) is 7.42. The fourth-order valence-corrected chi connectivity index (χ4v) is 9.78. The quantitative estimate of drug-likeness (QED) is 0.157. The number of H-pyrrole nitrogens is 1. The summed E-state index contributed by atoms with van der Waals surface area (Å²) >= 11 is 0. The van der Waals surface area contributed by atoms with Crippen LogP contribution in [0.3, 0.4) is 0 Å². The molecule has 1 N–H and O–H groups in total. The van der Waals surface area contributed by atoms with Gasteiger partial charge in [0.05, 0.1) is 16.9 Å². The second-order valence-corrected chi connectivity index (χ2v) is 15.7. The van der Waals surface area contributed by atoms with Gasteiger partial charge in [0.2, 0.25) is 0 Å². The molecule has 0 spiro atoms. The number of fused-ring (bicyclic) bond motifs is 6. The number of nitrogens with one attached hydrogen (secondary N) is 1. The number of aromatic nitrogens is 1. The minimum atomic E-state index is 0.249. The summed E-state index contributed by atoms with van der Waals surface area (Å²) in [4.78, 5) is 6.23. The Morgan fingerprint density at radius 1 is 0.431 bits per heavy atom. The van der Waals surface area contributed by atoms with E-state index >= 15 is 0 Å². The van der Waals surface area contributed by atoms with Gasteiger partial charge >= 0.3 is 0 Å². The van der Waals surface area contributed by atoms with Crippen LogP contribution in [-0.4, -0.2) is 4.98 Å². The lowest BCUT2D eigenvalue weighted by Crippen LogP contribution is -2.11. The second kappa shape index (κ2) is 13.1. The van der Waals surface area contributed by atoms with Gasteiger partial charge in [-0.15, -0.1) is 0 Å². The zero-order valence-corrected chi connectivity index (χ0v) is 31.8. The fourth-order valence-electron chi connectivity index (χ4n) is 9.78. The molecule has 58 heavy (non-hydrogen) atoms. The molecule has 1 atom stereocenters. The SMILES string of the molecule is c1ccc(C(Cc2ccc3ccc4c(N(c5ccccc5)c5cccc6c5[nH]c5ccccc56)ccc5ccc2c3c54)Cc2cccc3c2oc2ccccc23)cc1. The van der Waals surface area contributed by atoms with Crippen molar-refractivity contribution in [3.63, 3.8) is 0 Å². The summed E-state index contributed by atoms with van der Waals surface area (Å²) in [6.07, 6.45) is 1.78. The van der Waals surface area contributed by atoms with E-state index in [4.69, 9.17) is 4.42 Å². The second-order valence-electron chi connectivity index (χ2n) is 15.7. The molecule has 0 saturated carbocycles. The fraction of sp³-hybridized carbons (Fsp3) is 0.0545. The number of furan rings is 1. The number of hydrogen-bond donors (Lipinski definition) is 1. The smallest absolute Gasteiger partial charge is 0.138 e. The summed E-state index contributed by atoms with van der Waals surface area (Å²) in [6.45, 7) is 0. The topological polar surface area (TPSA) is 32.2 Å². The Hall–Kier alpha value is -7.36. The molecule has 0 fully saturated rings. The molecule has 0 aliphatic heterocycles. The highest BCUT2D eigenvalue weighted by molar-refractivity contribution is 6.26.